The van der Waals surface area contributed by atoms with Gasteiger partial charge in [-0.2, -0.15) is 0 Å². The minimum Gasteiger partial charge on any atom is -0.412 e. The van der Waals surface area contributed by atoms with Gasteiger partial charge in [0.2, 0.25) is 17.2 Å². The van der Waals surface area contributed by atoms with Crippen molar-refractivity contribution < 1.29 is 22.8 Å². The number of ether oxygens (including phenoxy) is 1. The van der Waals surface area contributed by atoms with Crippen molar-refractivity contribution in [3.8, 4) is 0 Å². The molecule has 4 aromatic rings. The third kappa shape index (κ3) is 6.33. The van der Waals surface area contributed by atoms with E-state index in [0.29, 0.717) is 11.9 Å². The highest BCUT2D eigenvalue weighted by atomic mass is 19.1. The lowest BCUT2D eigenvalue weighted by molar-refractivity contribution is -0.120. The van der Waals surface area contributed by atoms with E-state index in [1.807, 2.05) is 34.9 Å². The van der Waals surface area contributed by atoms with Crippen LogP contribution in [0.2, 0.25) is 0 Å². The number of nitrogens with zero attached hydrogens (tertiary/aromatic N) is 3. The first-order chi connectivity index (χ1) is 20.4. The highest BCUT2D eigenvalue weighted by molar-refractivity contribution is 6.03. The Bertz CT molecular complexity index is 1660. The fraction of sp³-hybridized carbons (Fsp3) is 0.452. The number of benzene rings is 2. The fourth-order valence-electron chi connectivity index (χ4n) is 6.00. The van der Waals surface area contributed by atoms with Gasteiger partial charge < -0.3 is 28.4 Å². The summed E-state index contributed by atoms with van der Waals surface area (Å²) in [7, 11) is 0. The molecule has 0 bridgehead atoms. The molecule has 2 aromatic heterocycles. The summed E-state index contributed by atoms with van der Waals surface area (Å²) in [6.07, 6.45) is 2.64. The average molecular weight is 579 g/mol. The highest BCUT2D eigenvalue weighted by Crippen LogP contribution is 2.35. The Kier molecular flexibility index (Phi) is 8.50. The Morgan fingerprint density at radius 2 is 1.57 bits per heavy atom. The van der Waals surface area contributed by atoms with Crippen LogP contribution in [0.4, 0.5) is 4.39 Å². The molecule has 0 saturated carbocycles. The number of hydrogen-bond donors (Lipinski definition) is 1. The van der Waals surface area contributed by atoms with Crippen LogP contribution in [0.3, 0.4) is 0 Å². The van der Waals surface area contributed by atoms with Crippen molar-refractivity contribution in [1.29, 1.82) is 0 Å². The molecule has 0 spiro atoms. The first-order valence-corrected chi connectivity index (χ1v) is 14.6. The second-order valence-electron chi connectivity index (χ2n) is 11.1. The van der Waals surface area contributed by atoms with Gasteiger partial charge in [-0.05, 0) is 54.7 Å². The number of rotatable bonds is 9. The maximum absolute atomic E-state index is 13.2. The van der Waals surface area contributed by atoms with E-state index in [0.717, 1.165) is 88.4 Å². The van der Waals surface area contributed by atoms with Crippen LogP contribution in [0, 0.1) is 5.82 Å². The van der Waals surface area contributed by atoms with Crippen molar-refractivity contribution in [1.82, 2.24) is 19.7 Å². The van der Waals surface area contributed by atoms with E-state index in [2.05, 4.69) is 15.1 Å². The number of carbonyl (C=O) groups is 1. The Hall–Kier alpha value is -3.80. The number of hydrogen-bond acceptors (Lipinski definition) is 8. The molecule has 10 nitrogen and oxygen atoms in total. The Morgan fingerprint density at radius 1 is 0.881 bits per heavy atom. The Morgan fingerprint density at radius 3 is 2.33 bits per heavy atom. The van der Waals surface area contributed by atoms with E-state index < -0.39 is 11.3 Å². The summed E-state index contributed by atoms with van der Waals surface area (Å²) in [6.45, 7) is 7.06. The molecule has 6 rings (SSSR count). The van der Waals surface area contributed by atoms with Gasteiger partial charge in [-0.15, -0.1) is 0 Å². The van der Waals surface area contributed by atoms with Gasteiger partial charge in [0.15, 0.2) is 0 Å². The van der Waals surface area contributed by atoms with E-state index in [4.69, 9.17) is 13.6 Å². The molecule has 2 aliphatic heterocycles. The van der Waals surface area contributed by atoms with Crippen LogP contribution in [0.1, 0.15) is 30.0 Å². The average Bonchev–Trinajstić information content (AvgIpc) is 3.30. The zero-order valence-electron chi connectivity index (χ0n) is 23.5. The minimum atomic E-state index is -1.04. The second-order valence-corrected chi connectivity index (χ2v) is 11.1. The highest BCUT2D eigenvalue weighted by Gasteiger charge is 2.27. The van der Waals surface area contributed by atoms with Crippen LogP contribution in [0.15, 0.2) is 60.9 Å². The molecule has 2 aliphatic rings. The van der Waals surface area contributed by atoms with Crippen LogP contribution in [-0.4, -0.2) is 79.3 Å². The largest absolute Gasteiger partial charge is 0.424 e. The van der Waals surface area contributed by atoms with Crippen molar-refractivity contribution in [2.24, 2.45) is 0 Å². The molecule has 42 heavy (non-hydrogen) atoms. The zero-order chi connectivity index (χ0) is 29.1. The van der Waals surface area contributed by atoms with Crippen molar-refractivity contribution in [3.05, 3.63) is 80.2 Å². The first kappa shape index (κ1) is 28.3. The lowest BCUT2D eigenvalue weighted by Crippen LogP contribution is -2.41. The zero-order valence-corrected chi connectivity index (χ0v) is 23.5. The topological polar surface area (TPSA) is 110 Å². The number of likely N-dealkylation sites (tertiary alicyclic amines) is 1. The van der Waals surface area contributed by atoms with E-state index in [1.54, 1.807) is 0 Å². The molecule has 0 atom stereocenters. The molecular formula is C31H35FN4O6. The molecule has 0 unspecified atom stereocenters. The summed E-state index contributed by atoms with van der Waals surface area (Å²) in [6, 6.07) is 12.2. The monoisotopic (exact) mass is 578 g/mol. The lowest BCUT2D eigenvalue weighted by Gasteiger charge is -2.33. The van der Waals surface area contributed by atoms with Gasteiger partial charge in [-0.1, -0.05) is 18.2 Å². The molecule has 2 saturated heterocycles. The van der Waals surface area contributed by atoms with Crippen LogP contribution < -0.4 is 16.6 Å². The second kappa shape index (κ2) is 12.6. The molecule has 11 heteroatoms. The van der Waals surface area contributed by atoms with Gasteiger partial charge in [0.25, 0.3) is 0 Å². The third-order valence-electron chi connectivity index (χ3n) is 8.30. The Labute approximate surface area is 241 Å². The van der Waals surface area contributed by atoms with Crippen molar-refractivity contribution >= 4 is 28.1 Å². The SMILES string of the molecule is O=C(Cc1ccc2c3oc(=O)c(=O)oc3n(C3CCN(CCc4ccc(F)cc4)CC3)c2c1)NCCN1CCOCC1. The van der Waals surface area contributed by atoms with E-state index in [-0.39, 0.29) is 35.5 Å². The summed E-state index contributed by atoms with van der Waals surface area (Å²) >= 11 is 0. The van der Waals surface area contributed by atoms with Crippen LogP contribution in [-0.2, 0) is 22.4 Å². The van der Waals surface area contributed by atoms with E-state index >= 15 is 0 Å². The molecule has 0 aliphatic carbocycles. The molecular weight excluding hydrogens is 543 g/mol. The van der Waals surface area contributed by atoms with Gasteiger partial charge in [0, 0.05) is 57.2 Å². The summed E-state index contributed by atoms with van der Waals surface area (Å²) in [5.74, 6) is -0.307. The number of morpholine rings is 1. The van der Waals surface area contributed by atoms with Crippen LogP contribution in [0.5, 0.6) is 0 Å². The maximum Gasteiger partial charge on any atom is 0.424 e. The summed E-state index contributed by atoms with van der Waals surface area (Å²) in [5, 5.41) is 3.67. The molecule has 1 N–H and O–H groups in total. The smallest absolute Gasteiger partial charge is 0.412 e. The molecule has 222 valence electrons. The summed E-state index contributed by atoms with van der Waals surface area (Å²) < 4.78 is 31.5. The number of nitrogens with one attached hydrogen (secondary N) is 1. The lowest BCUT2D eigenvalue weighted by atomic mass is 10.0. The van der Waals surface area contributed by atoms with Gasteiger partial charge in [-0.25, -0.2) is 14.0 Å². The number of fused-ring (bicyclic) bond motifs is 3. The molecule has 1 amide bonds. The number of carbonyl (C=O) groups excluding carboxylic acids is 1. The predicted molar refractivity (Wildman–Crippen MR) is 155 cm³/mol. The van der Waals surface area contributed by atoms with Gasteiger partial charge in [-0.3, -0.25) is 9.69 Å². The predicted octanol–water partition coefficient (Wildman–Crippen LogP) is 2.71. The standard InChI is InChI=1S/C31H35FN4O6/c32-23-4-1-21(2-5-23)7-11-34-12-8-24(9-13-34)36-26-19-22(20-27(37)33-10-14-35-15-17-40-18-16-35)3-6-25(26)28-29(36)42-31(39)30(38)41-28/h1-6,19,24H,7-18,20H2,(H,33,37). The first-order valence-electron chi connectivity index (χ1n) is 14.6. The number of aromatic nitrogens is 1. The number of amides is 1. The number of piperidine rings is 1. The molecule has 4 heterocycles. The van der Waals surface area contributed by atoms with Gasteiger partial charge in [0.05, 0.1) is 25.2 Å². The van der Waals surface area contributed by atoms with Crippen molar-refractivity contribution in [2.75, 3.05) is 59.0 Å². The van der Waals surface area contributed by atoms with Crippen LogP contribution in [0.25, 0.3) is 22.2 Å². The van der Waals surface area contributed by atoms with Gasteiger partial charge >= 0.3 is 11.3 Å². The Balaban J connectivity index is 1.18. The minimum absolute atomic E-state index is 0.0144. The third-order valence-corrected chi connectivity index (χ3v) is 8.30. The van der Waals surface area contributed by atoms with Gasteiger partial charge in [0.1, 0.15) is 5.82 Å². The molecule has 0 radical (unpaired) electrons. The van der Waals surface area contributed by atoms with Crippen molar-refractivity contribution in [3.63, 3.8) is 0 Å². The quantitative estimate of drug-likeness (QED) is 0.302. The summed E-state index contributed by atoms with van der Waals surface area (Å²) in [4.78, 5) is 41.6. The number of halogens is 1. The molecule has 2 aromatic carbocycles. The van der Waals surface area contributed by atoms with Crippen molar-refractivity contribution in [2.45, 2.75) is 31.7 Å². The van der Waals surface area contributed by atoms with Crippen LogP contribution >= 0.6 is 0 Å². The van der Waals surface area contributed by atoms with E-state index in [1.165, 1.54) is 12.1 Å². The van der Waals surface area contributed by atoms with E-state index in [9.17, 15) is 18.8 Å². The maximum atomic E-state index is 13.2. The summed E-state index contributed by atoms with van der Waals surface area (Å²) in [5.41, 5.74) is 1.09. The molecule has 2 fully saturated rings. The normalized spacial score (nSPS) is 17.3. The fourth-order valence-corrected chi connectivity index (χ4v) is 6.00.